The first-order valence-corrected chi connectivity index (χ1v) is 15.1. The summed E-state index contributed by atoms with van der Waals surface area (Å²) in [5, 5.41) is 19.3. The second-order valence-electron chi connectivity index (χ2n) is 12.6. The normalized spacial score (nSPS) is 18.1. The van der Waals surface area contributed by atoms with Crippen LogP contribution in [0.15, 0.2) is 0 Å². The van der Waals surface area contributed by atoms with E-state index in [0.717, 1.165) is 25.7 Å². The minimum Gasteiger partial charge on any atom is -0.466 e. The molecular formula is C30H55N3O7. The van der Waals surface area contributed by atoms with E-state index in [-0.39, 0.29) is 24.9 Å². The molecule has 40 heavy (non-hydrogen) atoms. The summed E-state index contributed by atoms with van der Waals surface area (Å²) in [6, 6.07) is -2.44. The van der Waals surface area contributed by atoms with Crippen LogP contribution >= 0.6 is 0 Å². The first kappa shape index (κ1) is 35.7. The average Bonchev–Trinajstić information content (AvgIpc) is 2.85. The lowest BCUT2D eigenvalue weighted by Gasteiger charge is -2.32. The van der Waals surface area contributed by atoms with Crippen LogP contribution in [0.25, 0.3) is 0 Å². The number of ether oxygens (including phenoxy) is 2. The van der Waals surface area contributed by atoms with Crippen molar-refractivity contribution >= 4 is 23.9 Å². The molecule has 0 radical (unpaired) electrons. The zero-order chi connectivity index (χ0) is 30.5. The number of esters is 1. The van der Waals surface area contributed by atoms with Crippen molar-refractivity contribution < 1.29 is 33.8 Å². The van der Waals surface area contributed by atoms with Gasteiger partial charge in [-0.1, -0.05) is 66.2 Å². The number of carbonyl (C=O) groups is 4. The Balaban J connectivity index is 3.09. The first-order valence-electron chi connectivity index (χ1n) is 15.1. The summed E-state index contributed by atoms with van der Waals surface area (Å²) in [5.74, 6) is -1.21. The Bertz CT molecular complexity index is 806. The first-order chi connectivity index (χ1) is 18.7. The Labute approximate surface area is 241 Å². The van der Waals surface area contributed by atoms with Crippen molar-refractivity contribution in [1.29, 1.82) is 0 Å². The van der Waals surface area contributed by atoms with Crippen LogP contribution in [0, 0.1) is 17.8 Å². The van der Waals surface area contributed by atoms with Crippen molar-refractivity contribution in [3.05, 3.63) is 0 Å². The second-order valence-corrected chi connectivity index (χ2v) is 12.6. The molecule has 0 bridgehead atoms. The highest BCUT2D eigenvalue weighted by Crippen LogP contribution is 2.28. The Hall–Kier alpha value is -2.36. The van der Waals surface area contributed by atoms with Crippen LogP contribution in [-0.4, -0.2) is 65.4 Å². The van der Waals surface area contributed by atoms with Crippen LogP contribution in [0.5, 0.6) is 0 Å². The molecule has 1 rings (SSSR count). The summed E-state index contributed by atoms with van der Waals surface area (Å²) in [6.45, 7) is 14.9. The van der Waals surface area contributed by atoms with Crippen molar-refractivity contribution in [2.75, 3.05) is 6.61 Å². The van der Waals surface area contributed by atoms with E-state index < -0.39 is 53.7 Å². The molecule has 1 unspecified atom stereocenters. The quantitative estimate of drug-likeness (QED) is 0.216. The zero-order valence-corrected chi connectivity index (χ0v) is 26.0. The summed E-state index contributed by atoms with van der Waals surface area (Å²) in [5.41, 5.74) is -0.717. The highest BCUT2D eigenvalue weighted by Gasteiger charge is 2.34. The highest BCUT2D eigenvalue weighted by molar-refractivity contribution is 5.91. The molecule has 5 atom stereocenters. The Morgan fingerprint density at radius 2 is 1.55 bits per heavy atom. The molecule has 0 aromatic heterocycles. The van der Waals surface area contributed by atoms with E-state index in [9.17, 15) is 24.3 Å². The molecule has 10 nitrogen and oxygen atoms in total. The van der Waals surface area contributed by atoms with Crippen LogP contribution in [0.3, 0.4) is 0 Å². The summed E-state index contributed by atoms with van der Waals surface area (Å²) in [4.78, 5) is 51.7. The maximum absolute atomic E-state index is 13.6. The van der Waals surface area contributed by atoms with E-state index in [1.807, 2.05) is 27.7 Å². The fraction of sp³-hybridized carbons (Fsp3) is 0.867. The molecule has 1 aliphatic carbocycles. The van der Waals surface area contributed by atoms with Crippen molar-refractivity contribution in [1.82, 2.24) is 16.0 Å². The van der Waals surface area contributed by atoms with E-state index in [2.05, 4.69) is 16.0 Å². The van der Waals surface area contributed by atoms with Gasteiger partial charge < -0.3 is 30.5 Å². The molecular weight excluding hydrogens is 514 g/mol. The van der Waals surface area contributed by atoms with Crippen molar-refractivity contribution in [2.24, 2.45) is 17.8 Å². The van der Waals surface area contributed by atoms with Crippen LogP contribution in [0.1, 0.15) is 113 Å². The number of nitrogens with one attached hydrogen (secondary N) is 3. The molecule has 4 N–H and O–H groups in total. The number of carbonyl (C=O) groups excluding carboxylic acids is 4. The summed E-state index contributed by atoms with van der Waals surface area (Å²) < 4.78 is 10.4. The van der Waals surface area contributed by atoms with E-state index in [4.69, 9.17) is 9.47 Å². The zero-order valence-electron chi connectivity index (χ0n) is 26.0. The van der Waals surface area contributed by atoms with E-state index >= 15 is 0 Å². The van der Waals surface area contributed by atoms with Crippen LogP contribution in [-0.2, 0) is 23.9 Å². The monoisotopic (exact) mass is 569 g/mol. The van der Waals surface area contributed by atoms with Gasteiger partial charge in [-0.05, 0) is 58.3 Å². The third-order valence-electron chi connectivity index (χ3n) is 7.29. The minimum absolute atomic E-state index is 0.136. The van der Waals surface area contributed by atoms with E-state index in [0.29, 0.717) is 25.2 Å². The maximum atomic E-state index is 13.6. The average molecular weight is 570 g/mol. The van der Waals surface area contributed by atoms with Gasteiger partial charge in [0, 0.05) is 0 Å². The molecule has 1 aliphatic rings. The molecule has 0 saturated heterocycles. The fourth-order valence-electron chi connectivity index (χ4n) is 5.02. The van der Waals surface area contributed by atoms with Crippen molar-refractivity contribution in [3.63, 3.8) is 0 Å². The second kappa shape index (κ2) is 17.5. The van der Waals surface area contributed by atoms with Gasteiger partial charge in [-0.25, -0.2) is 4.79 Å². The highest BCUT2D eigenvalue weighted by atomic mass is 16.6. The number of alkyl carbamates (subject to hydrolysis) is 1. The van der Waals surface area contributed by atoms with Crippen molar-refractivity contribution in [2.45, 2.75) is 143 Å². The van der Waals surface area contributed by atoms with Crippen LogP contribution in [0.4, 0.5) is 4.79 Å². The van der Waals surface area contributed by atoms with Gasteiger partial charge in [0.1, 0.15) is 17.7 Å². The number of amides is 3. The molecule has 232 valence electrons. The lowest BCUT2D eigenvalue weighted by Crippen LogP contribution is -2.58. The predicted molar refractivity (Wildman–Crippen MR) is 154 cm³/mol. The smallest absolute Gasteiger partial charge is 0.408 e. The van der Waals surface area contributed by atoms with Gasteiger partial charge >= 0.3 is 12.1 Å². The number of hydrogen-bond acceptors (Lipinski definition) is 7. The van der Waals surface area contributed by atoms with Gasteiger partial charge in [0.05, 0.1) is 25.2 Å². The van der Waals surface area contributed by atoms with Gasteiger partial charge in [-0.2, -0.15) is 0 Å². The topological polar surface area (TPSA) is 143 Å². The Morgan fingerprint density at radius 3 is 2.08 bits per heavy atom. The third-order valence-corrected chi connectivity index (χ3v) is 7.29. The fourth-order valence-corrected chi connectivity index (χ4v) is 5.02. The van der Waals surface area contributed by atoms with Gasteiger partial charge in [-0.15, -0.1) is 0 Å². The third kappa shape index (κ3) is 13.8. The molecule has 0 aliphatic heterocycles. The lowest BCUT2D eigenvalue weighted by molar-refractivity contribution is -0.146. The molecule has 1 fully saturated rings. The summed E-state index contributed by atoms with van der Waals surface area (Å²) in [7, 11) is 0. The van der Waals surface area contributed by atoms with Gasteiger partial charge in [0.25, 0.3) is 0 Å². The molecule has 3 amide bonds. The maximum Gasteiger partial charge on any atom is 0.408 e. The van der Waals surface area contributed by atoms with E-state index in [1.165, 1.54) is 6.42 Å². The van der Waals surface area contributed by atoms with Gasteiger partial charge in [0.2, 0.25) is 11.8 Å². The molecule has 0 spiro atoms. The number of rotatable bonds is 15. The Morgan fingerprint density at radius 1 is 0.925 bits per heavy atom. The molecule has 0 heterocycles. The van der Waals surface area contributed by atoms with E-state index in [1.54, 1.807) is 27.7 Å². The number of hydrogen-bond donors (Lipinski definition) is 4. The van der Waals surface area contributed by atoms with Crippen LogP contribution < -0.4 is 16.0 Å². The van der Waals surface area contributed by atoms with Crippen molar-refractivity contribution in [3.8, 4) is 0 Å². The predicted octanol–water partition coefficient (Wildman–Crippen LogP) is 4.23. The summed E-state index contributed by atoms with van der Waals surface area (Å²) in [6.07, 6.45) is 4.81. The molecule has 0 aromatic carbocycles. The number of aliphatic hydroxyl groups is 1. The SMILES string of the molecule is CCOC(=O)C[C@H](O)[C@H](CC(C)C)NC(=O)[C@@H](NC(=O)[C@H](CC1CCCCC1)NC(=O)OC(C)(C)C)C(C)CC. The van der Waals surface area contributed by atoms with Gasteiger partial charge in [-0.3, -0.25) is 14.4 Å². The molecule has 0 aromatic rings. The standard InChI is InChI=1S/C30H55N3O7/c1-9-20(5)26(28(37)31-22(16-19(3)4)24(34)18-25(35)39-10-2)33-27(36)23(17-21-14-12-11-13-15-21)32-29(38)40-30(6,7)8/h19-24,26,34H,9-18H2,1-8H3,(H,31,37)(H,32,38)(H,33,36)/t20?,22-,23-,24-,26-/m0/s1. The van der Waals surface area contributed by atoms with Crippen LogP contribution in [0.2, 0.25) is 0 Å². The largest absolute Gasteiger partial charge is 0.466 e. The molecule has 1 saturated carbocycles. The lowest BCUT2D eigenvalue weighted by atomic mass is 9.84. The summed E-state index contributed by atoms with van der Waals surface area (Å²) >= 11 is 0. The minimum atomic E-state index is -1.13. The Kier molecular flexibility index (Phi) is 15.6. The molecule has 10 heteroatoms. The number of aliphatic hydroxyl groups excluding tert-OH is 1. The van der Waals surface area contributed by atoms with Gasteiger partial charge in [0.15, 0.2) is 0 Å².